The predicted octanol–water partition coefficient (Wildman–Crippen LogP) is 3.36. The topological polar surface area (TPSA) is 54.9 Å². The first-order valence-corrected chi connectivity index (χ1v) is 7.12. The summed E-state index contributed by atoms with van der Waals surface area (Å²) in [6.45, 7) is 2.14. The molecule has 0 spiro atoms. The molecule has 4 nitrogen and oxygen atoms in total. The lowest BCUT2D eigenvalue weighted by atomic mass is 10.3. The molecule has 2 heterocycles. The van der Waals surface area contributed by atoms with E-state index in [0.29, 0.717) is 18.9 Å². The van der Waals surface area contributed by atoms with E-state index in [4.69, 9.17) is 0 Å². The molecule has 0 aromatic carbocycles. The van der Waals surface area contributed by atoms with Gasteiger partial charge in [0.1, 0.15) is 5.78 Å². The zero-order valence-electron chi connectivity index (χ0n) is 9.81. The molecule has 94 valence electrons. The van der Waals surface area contributed by atoms with E-state index < -0.39 is 0 Å². The number of Topliss-reactive ketones (excluding diaryl/α,β-unsaturated/α-hetero) is 1. The number of halogens is 1. The number of thiophene rings is 1. The van der Waals surface area contributed by atoms with Gasteiger partial charge in [-0.2, -0.15) is 0 Å². The number of hydrogen-bond acceptors (Lipinski definition) is 5. The lowest BCUT2D eigenvalue weighted by Gasteiger charge is -2.03. The minimum absolute atomic E-state index is 0.155. The van der Waals surface area contributed by atoms with Crippen LogP contribution in [0.25, 0.3) is 10.4 Å². The maximum absolute atomic E-state index is 10.8. The molecule has 0 aliphatic carbocycles. The number of ketones is 1. The van der Waals surface area contributed by atoms with Gasteiger partial charge in [-0.05, 0) is 28.9 Å². The molecule has 0 bridgehead atoms. The van der Waals surface area contributed by atoms with Crippen LogP contribution >= 0.6 is 27.3 Å². The SMILES string of the molecule is CC(=O)CCNc1ncc(-c2cc(Br)cs2)cn1. The number of nitrogens with one attached hydrogen (secondary N) is 1. The molecule has 0 aliphatic rings. The van der Waals surface area contributed by atoms with Gasteiger partial charge < -0.3 is 5.32 Å². The Hall–Kier alpha value is -1.27. The van der Waals surface area contributed by atoms with Crippen LogP contribution in [0, 0.1) is 0 Å². The molecule has 0 aliphatic heterocycles. The van der Waals surface area contributed by atoms with Crippen LogP contribution in [-0.4, -0.2) is 22.3 Å². The first kappa shape index (κ1) is 13.2. The summed E-state index contributed by atoms with van der Waals surface area (Å²) in [7, 11) is 0. The molecule has 2 aromatic rings. The van der Waals surface area contributed by atoms with Crippen molar-refractivity contribution in [2.75, 3.05) is 11.9 Å². The van der Waals surface area contributed by atoms with Crippen molar-refractivity contribution in [3.8, 4) is 10.4 Å². The smallest absolute Gasteiger partial charge is 0.222 e. The Balaban J connectivity index is 1.99. The van der Waals surface area contributed by atoms with Crippen LogP contribution in [0.3, 0.4) is 0 Å². The van der Waals surface area contributed by atoms with Gasteiger partial charge >= 0.3 is 0 Å². The highest BCUT2D eigenvalue weighted by Gasteiger charge is 2.03. The van der Waals surface area contributed by atoms with Crippen molar-refractivity contribution in [1.29, 1.82) is 0 Å². The molecule has 2 aromatic heterocycles. The minimum Gasteiger partial charge on any atom is -0.354 e. The third kappa shape index (κ3) is 3.61. The standard InChI is InChI=1S/C12H12BrN3OS/c1-8(17)2-3-14-12-15-5-9(6-16-12)11-4-10(13)7-18-11/h4-7H,2-3H2,1H3,(H,14,15,16). The summed E-state index contributed by atoms with van der Waals surface area (Å²) in [4.78, 5) is 20.4. The van der Waals surface area contributed by atoms with E-state index in [1.807, 2.05) is 11.4 Å². The van der Waals surface area contributed by atoms with Gasteiger partial charge in [0.2, 0.25) is 5.95 Å². The van der Waals surface area contributed by atoms with Gasteiger partial charge in [-0.3, -0.25) is 4.79 Å². The zero-order chi connectivity index (χ0) is 13.0. The van der Waals surface area contributed by atoms with E-state index in [2.05, 4.69) is 31.2 Å². The summed E-state index contributed by atoms with van der Waals surface area (Å²) in [5.41, 5.74) is 0.989. The molecule has 2 rings (SSSR count). The molecule has 1 N–H and O–H groups in total. The quantitative estimate of drug-likeness (QED) is 0.915. The monoisotopic (exact) mass is 325 g/mol. The molecular weight excluding hydrogens is 314 g/mol. The third-order valence-electron chi connectivity index (χ3n) is 2.26. The van der Waals surface area contributed by atoms with Crippen LogP contribution < -0.4 is 5.32 Å². The van der Waals surface area contributed by atoms with Crippen molar-refractivity contribution in [1.82, 2.24) is 9.97 Å². The molecule has 0 fully saturated rings. The lowest BCUT2D eigenvalue weighted by molar-refractivity contribution is -0.116. The van der Waals surface area contributed by atoms with E-state index in [1.165, 1.54) is 0 Å². The Morgan fingerprint density at radius 1 is 1.44 bits per heavy atom. The fourth-order valence-electron chi connectivity index (χ4n) is 1.36. The molecule has 0 saturated heterocycles. The average Bonchev–Trinajstić information content (AvgIpc) is 2.76. The minimum atomic E-state index is 0.155. The summed E-state index contributed by atoms with van der Waals surface area (Å²) in [5, 5.41) is 5.03. The molecule has 0 unspecified atom stereocenters. The highest BCUT2D eigenvalue weighted by molar-refractivity contribution is 9.10. The maximum Gasteiger partial charge on any atom is 0.222 e. The number of aromatic nitrogens is 2. The van der Waals surface area contributed by atoms with Crippen molar-refractivity contribution < 1.29 is 4.79 Å². The Morgan fingerprint density at radius 3 is 2.72 bits per heavy atom. The van der Waals surface area contributed by atoms with Crippen LogP contribution in [0.1, 0.15) is 13.3 Å². The number of nitrogens with zero attached hydrogens (tertiary/aromatic N) is 2. The highest BCUT2D eigenvalue weighted by Crippen LogP contribution is 2.28. The zero-order valence-corrected chi connectivity index (χ0v) is 12.2. The van der Waals surface area contributed by atoms with E-state index in [0.717, 1.165) is 14.9 Å². The second-order valence-corrected chi connectivity index (χ2v) is 5.63. The first-order valence-electron chi connectivity index (χ1n) is 5.45. The largest absolute Gasteiger partial charge is 0.354 e. The fourth-order valence-corrected chi connectivity index (χ4v) is 2.77. The van der Waals surface area contributed by atoms with Crippen molar-refractivity contribution in [3.63, 3.8) is 0 Å². The Bertz CT molecular complexity index is 539. The van der Waals surface area contributed by atoms with Crippen LogP contribution in [0.5, 0.6) is 0 Å². The normalized spacial score (nSPS) is 10.3. The van der Waals surface area contributed by atoms with E-state index in [9.17, 15) is 4.79 Å². The molecule has 6 heteroatoms. The van der Waals surface area contributed by atoms with Gasteiger partial charge in [-0.15, -0.1) is 11.3 Å². The van der Waals surface area contributed by atoms with Crippen molar-refractivity contribution >= 4 is 39.0 Å². The molecule has 0 radical (unpaired) electrons. The summed E-state index contributed by atoms with van der Waals surface area (Å²) in [5.74, 6) is 0.707. The molecule has 18 heavy (non-hydrogen) atoms. The van der Waals surface area contributed by atoms with Crippen LogP contribution in [0.4, 0.5) is 5.95 Å². The number of rotatable bonds is 5. The van der Waals surface area contributed by atoms with Crippen molar-refractivity contribution in [2.24, 2.45) is 0 Å². The van der Waals surface area contributed by atoms with E-state index in [-0.39, 0.29) is 5.78 Å². The van der Waals surface area contributed by atoms with Crippen LogP contribution in [0.15, 0.2) is 28.3 Å². The predicted molar refractivity (Wildman–Crippen MR) is 76.8 cm³/mol. The molecular formula is C12H12BrN3OS. The Kier molecular flexibility index (Phi) is 4.43. The van der Waals surface area contributed by atoms with Crippen molar-refractivity contribution in [3.05, 3.63) is 28.3 Å². The number of carbonyl (C=O) groups excluding carboxylic acids is 1. The summed E-state index contributed by atoms with van der Waals surface area (Å²) in [6.07, 6.45) is 4.05. The van der Waals surface area contributed by atoms with Gasteiger partial charge in [0, 0.05) is 45.7 Å². The molecule has 0 atom stereocenters. The molecule has 0 amide bonds. The summed E-state index contributed by atoms with van der Waals surface area (Å²) >= 11 is 5.06. The van der Waals surface area contributed by atoms with Gasteiger partial charge in [0.25, 0.3) is 0 Å². The maximum atomic E-state index is 10.8. The summed E-state index contributed by atoms with van der Waals surface area (Å²) in [6, 6.07) is 2.03. The second kappa shape index (κ2) is 6.06. The Morgan fingerprint density at radius 2 is 2.17 bits per heavy atom. The first-order chi connectivity index (χ1) is 8.65. The highest BCUT2D eigenvalue weighted by atomic mass is 79.9. The van der Waals surface area contributed by atoms with Gasteiger partial charge in [-0.1, -0.05) is 0 Å². The van der Waals surface area contributed by atoms with Gasteiger partial charge in [0.15, 0.2) is 0 Å². The average molecular weight is 326 g/mol. The van der Waals surface area contributed by atoms with E-state index in [1.54, 1.807) is 30.7 Å². The Labute approximate surface area is 118 Å². The lowest BCUT2D eigenvalue weighted by Crippen LogP contribution is -2.08. The van der Waals surface area contributed by atoms with Gasteiger partial charge in [0.05, 0.1) is 0 Å². The van der Waals surface area contributed by atoms with Gasteiger partial charge in [-0.25, -0.2) is 9.97 Å². The third-order valence-corrected chi connectivity index (χ3v) is 4.00. The number of anilines is 1. The van der Waals surface area contributed by atoms with Crippen molar-refractivity contribution in [2.45, 2.75) is 13.3 Å². The number of hydrogen-bond donors (Lipinski definition) is 1. The van der Waals surface area contributed by atoms with Crippen LogP contribution in [-0.2, 0) is 4.79 Å². The van der Waals surface area contributed by atoms with Crippen LogP contribution in [0.2, 0.25) is 0 Å². The molecule has 0 saturated carbocycles. The van der Waals surface area contributed by atoms with E-state index >= 15 is 0 Å². The fraction of sp³-hybridized carbons (Fsp3) is 0.250. The second-order valence-electron chi connectivity index (χ2n) is 3.80. The number of carbonyl (C=O) groups is 1. The summed E-state index contributed by atoms with van der Waals surface area (Å²) < 4.78 is 1.06.